The van der Waals surface area contributed by atoms with Crippen molar-refractivity contribution in [3.63, 3.8) is 0 Å². The minimum Gasteiger partial charge on any atom is -0.490 e. The fourth-order valence-electron chi connectivity index (χ4n) is 2.20. The molecule has 0 amide bonds. The van der Waals surface area contributed by atoms with Crippen LogP contribution in [0.4, 0.5) is 0 Å². The molecule has 0 aliphatic rings. The second-order valence-electron chi connectivity index (χ2n) is 4.80. The molecule has 0 atom stereocenters. The van der Waals surface area contributed by atoms with Gasteiger partial charge in [0, 0.05) is 0 Å². The van der Waals surface area contributed by atoms with Crippen molar-refractivity contribution in [1.29, 1.82) is 0 Å². The molecule has 0 heterocycles. The fourth-order valence-corrected chi connectivity index (χ4v) is 2.20. The summed E-state index contributed by atoms with van der Waals surface area (Å²) in [5.74, 6) is 0.176. The van der Waals surface area contributed by atoms with Crippen LogP contribution in [0.15, 0.2) is 48.5 Å². The van der Waals surface area contributed by atoms with Gasteiger partial charge in [-0.1, -0.05) is 36.4 Å². The summed E-state index contributed by atoms with van der Waals surface area (Å²) >= 11 is 0. The summed E-state index contributed by atoms with van der Waals surface area (Å²) in [4.78, 5) is 11.6. The van der Waals surface area contributed by atoms with E-state index >= 15 is 0 Å². The molecule has 0 radical (unpaired) electrons. The Kier molecular flexibility index (Phi) is 5.80. The molecule has 0 aliphatic heterocycles. The summed E-state index contributed by atoms with van der Waals surface area (Å²) in [6.45, 7) is 4.77. The van der Waals surface area contributed by atoms with Crippen molar-refractivity contribution in [2.75, 3.05) is 13.2 Å². The maximum Gasteiger partial charge on any atom is 0.336 e. The highest BCUT2D eigenvalue weighted by molar-refractivity contribution is 6.20. The second-order valence-corrected chi connectivity index (χ2v) is 4.80. The number of benzene rings is 2. The normalized spacial score (nSPS) is 11.1. The van der Waals surface area contributed by atoms with Crippen LogP contribution < -0.4 is 9.47 Å². The molecule has 1 N–H and O–H groups in total. The molecule has 0 aromatic heterocycles. The molecule has 4 nitrogen and oxygen atoms in total. The van der Waals surface area contributed by atoms with Crippen LogP contribution in [0.5, 0.6) is 11.5 Å². The van der Waals surface area contributed by atoms with Gasteiger partial charge in [0.2, 0.25) is 0 Å². The van der Waals surface area contributed by atoms with E-state index in [0.29, 0.717) is 30.3 Å². The van der Waals surface area contributed by atoms with Crippen LogP contribution in [-0.2, 0) is 4.79 Å². The Morgan fingerprint density at radius 3 is 2.26 bits per heavy atom. The third kappa shape index (κ3) is 4.36. The van der Waals surface area contributed by atoms with Gasteiger partial charge in [-0.15, -0.1) is 0 Å². The topological polar surface area (TPSA) is 55.8 Å². The summed E-state index contributed by atoms with van der Waals surface area (Å²) in [6, 6.07) is 14.5. The molecule has 0 saturated heterocycles. The van der Waals surface area contributed by atoms with E-state index in [1.165, 1.54) is 0 Å². The lowest BCUT2D eigenvalue weighted by molar-refractivity contribution is -0.130. The van der Waals surface area contributed by atoms with E-state index in [1.807, 2.05) is 44.2 Å². The van der Waals surface area contributed by atoms with E-state index < -0.39 is 5.97 Å². The lowest BCUT2D eigenvalue weighted by atomic mass is 10.0. The molecular weight excluding hydrogens is 292 g/mol. The Labute approximate surface area is 136 Å². The fraction of sp³-hybridized carbons (Fsp3) is 0.211. The first kappa shape index (κ1) is 16.6. The zero-order valence-corrected chi connectivity index (χ0v) is 13.3. The molecule has 0 fully saturated rings. The van der Waals surface area contributed by atoms with Gasteiger partial charge in [-0.25, -0.2) is 4.79 Å². The van der Waals surface area contributed by atoms with Gasteiger partial charge in [-0.3, -0.25) is 0 Å². The van der Waals surface area contributed by atoms with Gasteiger partial charge in [-0.2, -0.15) is 0 Å². The highest BCUT2D eigenvalue weighted by Gasteiger charge is 2.14. The minimum atomic E-state index is -0.986. The monoisotopic (exact) mass is 312 g/mol. The molecule has 0 aliphatic carbocycles. The lowest BCUT2D eigenvalue weighted by Gasteiger charge is -2.13. The van der Waals surface area contributed by atoms with Crippen LogP contribution in [0.2, 0.25) is 0 Å². The first-order valence-corrected chi connectivity index (χ1v) is 7.55. The second kappa shape index (κ2) is 8.03. The Morgan fingerprint density at radius 2 is 1.65 bits per heavy atom. The number of rotatable bonds is 7. The maximum atomic E-state index is 11.6. The van der Waals surface area contributed by atoms with Gasteiger partial charge in [-0.05, 0) is 43.2 Å². The van der Waals surface area contributed by atoms with Crippen LogP contribution in [0, 0.1) is 0 Å². The first-order chi connectivity index (χ1) is 11.2. The average Bonchev–Trinajstić information content (AvgIpc) is 2.55. The SMILES string of the molecule is CCOc1ccc(/C(=C/c2ccccc2)C(=O)O)cc1OCC. The van der Waals surface area contributed by atoms with Crippen molar-refractivity contribution in [2.45, 2.75) is 13.8 Å². The number of carboxylic acid groups (broad SMARTS) is 1. The number of hydrogen-bond acceptors (Lipinski definition) is 3. The van der Waals surface area contributed by atoms with Crippen LogP contribution in [0.3, 0.4) is 0 Å². The lowest BCUT2D eigenvalue weighted by Crippen LogP contribution is -2.02. The van der Waals surface area contributed by atoms with Crippen LogP contribution >= 0.6 is 0 Å². The largest absolute Gasteiger partial charge is 0.490 e. The number of aliphatic carboxylic acids is 1. The van der Waals surface area contributed by atoms with E-state index in [0.717, 1.165) is 5.56 Å². The smallest absolute Gasteiger partial charge is 0.336 e. The van der Waals surface area contributed by atoms with Crippen molar-refractivity contribution in [1.82, 2.24) is 0 Å². The molecule has 0 unspecified atom stereocenters. The Balaban J connectivity index is 2.45. The molecule has 0 spiro atoms. The van der Waals surface area contributed by atoms with Crippen molar-refractivity contribution < 1.29 is 19.4 Å². The first-order valence-electron chi connectivity index (χ1n) is 7.55. The van der Waals surface area contributed by atoms with Crippen LogP contribution in [0.1, 0.15) is 25.0 Å². The Hall–Kier alpha value is -2.75. The molecule has 0 saturated carbocycles. The summed E-state index contributed by atoms with van der Waals surface area (Å²) < 4.78 is 11.1. The summed E-state index contributed by atoms with van der Waals surface area (Å²) in [6.07, 6.45) is 1.65. The summed E-state index contributed by atoms with van der Waals surface area (Å²) in [5, 5.41) is 9.54. The number of carboxylic acids is 1. The Bertz CT molecular complexity index is 690. The minimum absolute atomic E-state index is 0.209. The molecule has 0 bridgehead atoms. The third-order valence-electron chi connectivity index (χ3n) is 3.20. The van der Waals surface area contributed by atoms with Gasteiger partial charge in [0.15, 0.2) is 11.5 Å². The predicted octanol–water partition coefficient (Wildman–Crippen LogP) is 4.11. The van der Waals surface area contributed by atoms with E-state index in [4.69, 9.17) is 9.47 Å². The van der Waals surface area contributed by atoms with Crippen molar-refractivity contribution in [3.8, 4) is 11.5 Å². The van der Waals surface area contributed by atoms with E-state index in [-0.39, 0.29) is 5.57 Å². The quantitative estimate of drug-likeness (QED) is 0.617. The molecule has 2 rings (SSSR count). The molecule has 2 aromatic rings. The van der Waals surface area contributed by atoms with Gasteiger partial charge >= 0.3 is 5.97 Å². The number of carbonyl (C=O) groups is 1. The highest BCUT2D eigenvalue weighted by atomic mass is 16.5. The van der Waals surface area contributed by atoms with Crippen LogP contribution in [0.25, 0.3) is 11.6 Å². The summed E-state index contributed by atoms with van der Waals surface area (Å²) in [5.41, 5.74) is 1.62. The maximum absolute atomic E-state index is 11.6. The summed E-state index contributed by atoms with van der Waals surface area (Å²) in [7, 11) is 0. The zero-order chi connectivity index (χ0) is 16.7. The van der Waals surface area contributed by atoms with Gasteiger partial charge in [0.05, 0.1) is 18.8 Å². The molecule has 120 valence electrons. The van der Waals surface area contributed by atoms with Crippen molar-refractivity contribution in [3.05, 3.63) is 59.7 Å². The number of ether oxygens (including phenoxy) is 2. The number of hydrogen-bond donors (Lipinski definition) is 1. The van der Waals surface area contributed by atoms with E-state index in [2.05, 4.69) is 0 Å². The zero-order valence-electron chi connectivity index (χ0n) is 13.3. The van der Waals surface area contributed by atoms with E-state index in [1.54, 1.807) is 24.3 Å². The third-order valence-corrected chi connectivity index (χ3v) is 3.20. The predicted molar refractivity (Wildman–Crippen MR) is 90.7 cm³/mol. The van der Waals surface area contributed by atoms with Crippen LogP contribution in [-0.4, -0.2) is 24.3 Å². The molecular formula is C19H20O4. The molecule has 23 heavy (non-hydrogen) atoms. The van der Waals surface area contributed by atoms with Gasteiger partial charge < -0.3 is 14.6 Å². The van der Waals surface area contributed by atoms with E-state index in [9.17, 15) is 9.90 Å². The van der Waals surface area contributed by atoms with Crippen molar-refractivity contribution in [2.24, 2.45) is 0 Å². The van der Waals surface area contributed by atoms with Gasteiger partial charge in [0.1, 0.15) is 0 Å². The van der Waals surface area contributed by atoms with Gasteiger partial charge in [0.25, 0.3) is 0 Å². The average molecular weight is 312 g/mol. The Morgan fingerprint density at radius 1 is 1.00 bits per heavy atom. The molecule has 2 aromatic carbocycles. The highest BCUT2D eigenvalue weighted by Crippen LogP contribution is 2.32. The molecule has 4 heteroatoms. The van der Waals surface area contributed by atoms with Crippen molar-refractivity contribution >= 4 is 17.6 Å². The standard InChI is InChI=1S/C19H20O4/c1-3-22-17-11-10-15(13-18(17)23-4-2)16(19(20)21)12-14-8-6-5-7-9-14/h5-13H,3-4H2,1-2H3,(H,20,21)/b16-12-.